The Morgan fingerprint density at radius 2 is 1.89 bits per heavy atom. The average molecular weight is 328 g/mol. The lowest BCUT2D eigenvalue weighted by Crippen LogP contribution is -2.06. The second kappa shape index (κ2) is 5.60. The van der Waals surface area contributed by atoms with Crippen LogP contribution in [-0.4, -0.2) is 13.4 Å². The lowest BCUT2D eigenvalue weighted by molar-refractivity contribution is 0.307. The van der Waals surface area contributed by atoms with Crippen molar-refractivity contribution in [2.45, 2.75) is 11.5 Å². The number of pyridine rings is 1. The third-order valence-corrected chi connectivity index (χ3v) is 4.30. The molecule has 1 aromatic heterocycles. The fourth-order valence-corrected chi connectivity index (χ4v) is 2.56. The topological polar surface area (TPSA) is 56.3 Å². The van der Waals surface area contributed by atoms with Gasteiger partial charge in [-0.05, 0) is 18.2 Å². The maximum absolute atomic E-state index is 11.9. The minimum Gasteiger partial charge on any atom is -0.264 e. The van der Waals surface area contributed by atoms with Crippen LogP contribution in [0.25, 0.3) is 0 Å². The van der Waals surface area contributed by atoms with E-state index in [2.05, 4.69) is 20.9 Å². The van der Waals surface area contributed by atoms with Crippen LogP contribution >= 0.6 is 15.9 Å². The van der Waals surface area contributed by atoms with Gasteiger partial charge < -0.3 is 0 Å². The number of aromatic nitrogens is 1. The standard InChI is InChI=1S/C12H10BrNO3S/c13-12-6-7-14-8-10(12)9-17-18(15,16)11-4-2-1-3-5-11/h1-8H,9H2. The molecule has 0 bridgehead atoms. The Balaban J connectivity index is 2.14. The highest BCUT2D eigenvalue weighted by Crippen LogP contribution is 2.18. The van der Waals surface area contributed by atoms with Gasteiger partial charge in [-0.15, -0.1) is 0 Å². The first-order valence-corrected chi connectivity index (χ1v) is 7.32. The average Bonchev–Trinajstić information content (AvgIpc) is 2.39. The lowest BCUT2D eigenvalue weighted by Gasteiger charge is -2.06. The summed E-state index contributed by atoms with van der Waals surface area (Å²) in [6, 6.07) is 9.76. The van der Waals surface area contributed by atoms with Crippen molar-refractivity contribution in [3.05, 3.63) is 58.8 Å². The van der Waals surface area contributed by atoms with Gasteiger partial charge in [0.25, 0.3) is 10.1 Å². The molecule has 0 radical (unpaired) electrons. The summed E-state index contributed by atoms with van der Waals surface area (Å²) in [4.78, 5) is 4.06. The molecule has 4 nitrogen and oxygen atoms in total. The van der Waals surface area contributed by atoms with Crippen LogP contribution in [0.4, 0.5) is 0 Å². The van der Waals surface area contributed by atoms with Crippen molar-refractivity contribution < 1.29 is 12.6 Å². The van der Waals surface area contributed by atoms with Crippen molar-refractivity contribution in [2.24, 2.45) is 0 Å². The molecule has 1 aromatic carbocycles. The molecule has 0 saturated heterocycles. The number of rotatable bonds is 4. The monoisotopic (exact) mass is 327 g/mol. The molecule has 0 amide bonds. The molecule has 94 valence electrons. The summed E-state index contributed by atoms with van der Waals surface area (Å²) in [7, 11) is -3.72. The van der Waals surface area contributed by atoms with Gasteiger partial charge in [0.2, 0.25) is 0 Å². The van der Waals surface area contributed by atoms with E-state index in [1.165, 1.54) is 12.1 Å². The van der Waals surface area contributed by atoms with E-state index in [-0.39, 0.29) is 11.5 Å². The van der Waals surface area contributed by atoms with Crippen LogP contribution in [0.3, 0.4) is 0 Å². The highest BCUT2D eigenvalue weighted by Gasteiger charge is 2.15. The van der Waals surface area contributed by atoms with Gasteiger partial charge in [0.15, 0.2) is 0 Å². The van der Waals surface area contributed by atoms with E-state index in [1.807, 2.05) is 0 Å². The van der Waals surface area contributed by atoms with Gasteiger partial charge in [-0.3, -0.25) is 9.17 Å². The summed E-state index contributed by atoms with van der Waals surface area (Å²) in [5, 5.41) is 0. The van der Waals surface area contributed by atoms with Crippen LogP contribution < -0.4 is 0 Å². The van der Waals surface area contributed by atoms with E-state index in [0.717, 1.165) is 4.47 Å². The van der Waals surface area contributed by atoms with E-state index in [1.54, 1.807) is 36.7 Å². The number of hydrogen-bond acceptors (Lipinski definition) is 4. The Kier molecular flexibility index (Phi) is 4.11. The fraction of sp³-hybridized carbons (Fsp3) is 0.0833. The first kappa shape index (κ1) is 13.2. The lowest BCUT2D eigenvalue weighted by atomic mass is 10.3. The Labute approximate surface area is 114 Å². The van der Waals surface area contributed by atoms with Gasteiger partial charge in [-0.2, -0.15) is 8.42 Å². The van der Waals surface area contributed by atoms with E-state index < -0.39 is 10.1 Å². The Morgan fingerprint density at radius 1 is 1.17 bits per heavy atom. The number of halogens is 1. The third-order valence-electron chi connectivity index (χ3n) is 2.25. The summed E-state index contributed by atoms with van der Waals surface area (Å²) in [5.74, 6) is 0. The van der Waals surface area contributed by atoms with Gasteiger partial charge in [0.05, 0.1) is 11.5 Å². The Morgan fingerprint density at radius 3 is 2.56 bits per heavy atom. The Bertz CT molecular complexity index is 629. The molecule has 6 heteroatoms. The predicted octanol–water partition coefficient (Wildman–Crippen LogP) is 2.75. The van der Waals surface area contributed by atoms with Gasteiger partial charge >= 0.3 is 0 Å². The zero-order chi connectivity index (χ0) is 13.0. The van der Waals surface area contributed by atoms with Crippen molar-refractivity contribution in [1.29, 1.82) is 0 Å². The number of hydrogen-bond donors (Lipinski definition) is 0. The molecule has 2 aromatic rings. The molecule has 18 heavy (non-hydrogen) atoms. The molecule has 0 unspecified atom stereocenters. The van der Waals surface area contributed by atoms with Crippen LogP contribution in [0.1, 0.15) is 5.56 Å². The summed E-state index contributed by atoms with van der Waals surface area (Å²) in [5.41, 5.74) is 0.678. The third kappa shape index (κ3) is 3.16. The minimum absolute atomic E-state index is 0.0499. The molecular formula is C12H10BrNO3S. The molecule has 0 fully saturated rings. The fourth-order valence-electron chi connectivity index (χ4n) is 1.31. The van der Waals surface area contributed by atoms with Crippen molar-refractivity contribution in [3.63, 3.8) is 0 Å². The van der Waals surface area contributed by atoms with Gasteiger partial charge in [-0.25, -0.2) is 0 Å². The molecule has 0 saturated carbocycles. The van der Waals surface area contributed by atoms with Gasteiger partial charge in [0.1, 0.15) is 0 Å². The van der Waals surface area contributed by atoms with E-state index in [9.17, 15) is 8.42 Å². The van der Waals surface area contributed by atoms with Crippen LogP contribution in [0.15, 0.2) is 58.2 Å². The SMILES string of the molecule is O=S(=O)(OCc1cnccc1Br)c1ccccc1. The maximum Gasteiger partial charge on any atom is 0.297 e. The molecular weight excluding hydrogens is 318 g/mol. The van der Waals surface area contributed by atoms with Crippen molar-refractivity contribution in [3.8, 4) is 0 Å². The predicted molar refractivity (Wildman–Crippen MR) is 70.4 cm³/mol. The first-order chi connectivity index (χ1) is 8.59. The van der Waals surface area contributed by atoms with Crippen molar-refractivity contribution >= 4 is 26.0 Å². The molecule has 0 aliphatic rings. The summed E-state index contributed by atoms with van der Waals surface area (Å²) >= 11 is 3.31. The molecule has 1 heterocycles. The smallest absolute Gasteiger partial charge is 0.264 e. The number of benzene rings is 1. The van der Waals surface area contributed by atoms with Gasteiger partial charge in [0, 0.05) is 22.4 Å². The highest BCUT2D eigenvalue weighted by molar-refractivity contribution is 9.10. The van der Waals surface area contributed by atoms with E-state index >= 15 is 0 Å². The molecule has 2 rings (SSSR count). The van der Waals surface area contributed by atoms with E-state index in [4.69, 9.17) is 4.18 Å². The van der Waals surface area contributed by atoms with Crippen molar-refractivity contribution in [1.82, 2.24) is 4.98 Å². The largest absolute Gasteiger partial charge is 0.297 e. The molecule has 0 atom stereocenters. The highest BCUT2D eigenvalue weighted by atomic mass is 79.9. The maximum atomic E-state index is 11.9. The summed E-state index contributed by atoms with van der Waals surface area (Å²) < 4.78 is 29.5. The molecule has 0 N–H and O–H groups in total. The molecule has 0 aliphatic carbocycles. The second-order valence-corrected chi connectivity index (χ2v) is 5.97. The Hall–Kier alpha value is -1.24. The van der Waals surface area contributed by atoms with Crippen LogP contribution in [-0.2, 0) is 20.9 Å². The zero-order valence-electron chi connectivity index (χ0n) is 9.28. The zero-order valence-corrected chi connectivity index (χ0v) is 11.7. The first-order valence-electron chi connectivity index (χ1n) is 5.12. The molecule has 0 aliphatic heterocycles. The second-order valence-electron chi connectivity index (χ2n) is 3.50. The van der Waals surface area contributed by atoms with Crippen LogP contribution in [0.2, 0.25) is 0 Å². The molecule has 0 spiro atoms. The normalized spacial score (nSPS) is 11.4. The summed E-state index contributed by atoms with van der Waals surface area (Å²) in [6.07, 6.45) is 3.17. The minimum atomic E-state index is -3.72. The van der Waals surface area contributed by atoms with E-state index in [0.29, 0.717) is 5.56 Å². The number of nitrogens with zero attached hydrogens (tertiary/aromatic N) is 1. The van der Waals surface area contributed by atoms with Crippen molar-refractivity contribution in [2.75, 3.05) is 0 Å². The quantitative estimate of drug-likeness (QED) is 0.810. The van der Waals surface area contributed by atoms with Gasteiger partial charge in [-0.1, -0.05) is 34.1 Å². The summed E-state index contributed by atoms with van der Waals surface area (Å²) in [6.45, 7) is -0.0499. The van der Waals surface area contributed by atoms with Crippen LogP contribution in [0.5, 0.6) is 0 Å². The van der Waals surface area contributed by atoms with Crippen LogP contribution in [0, 0.1) is 0 Å².